The number of likely N-dealkylation sites (N-methyl/N-ethyl adjacent to an activating group) is 1. The summed E-state index contributed by atoms with van der Waals surface area (Å²) in [5.74, 6) is -1.21. The van der Waals surface area contributed by atoms with Crippen LogP contribution in [-0.2, 0) is 4.79 Å². The van der Waals surface area contributed by atoms with Crippen LogP contribution in [0.15, 0.2) is 45.7 Å². The second-order valence-corrected chi connectivity index (χ2v) is 6.64. The smallest absolute Gasteiger partial charge is 0.336 e. The van der Waals surface area contributed by atoms with Crippen LogP contribution >= 0.6 is 23.1 Å². The minimum Gasteiger partial charge on any atom is -0.478 e. The van der Waals surface area contributed by atoms with Crippen LogP contribution in [0.2, 0.25) is 0 Å². The van der Waals surface area contributed by atoms with Crippen molar-refractivity contribution in [1.29, 1.82) is 0 Å². The first kappa shape index (κ1) is 16.4. The molecule has 0 unspecified atom stereocenters. The van der Waals surface area contributed by atoms with E-state index in [-0.39, 0.29) is 11.5 Å². The van der Waals surface area contributed by atoms with Gasteiger partial charge in [0.15, 0.2) is 5.17 Å². The minimum atomic E-state index is -1.03. The molecule has 8 heteroatoms. The molecule has 6 nitrogen and oxygen atoms in total. The van der Waals surface area contributed by atoms with E-state index in [1.165, 1.54) is 29.2 Å². The summed E-state index contributed by atoms with van der Waals surface area (Å²) in [6, 6.07) is 6.59. The normalized spacial score (nSPS) is 17.9. The number of hydrogen-bond acceptors (Lipinski definition) is 6. The van der Waals surface area contributed by atoms with Gasteiger partial charge in [-0.2, -0.15) is 4.99 Å². The topological polar surface area (TPSA) is 82.9 Å². The number of thiazole rings is 1. The maximum atomic E-state index is 12.6. The third-order valence-corrected chi connectivity index (χ3v) is 4.96. The second-order valence-electron chi connectivity index (χ2n) is 4.76. The minimum absolute atomic E-state index is 0.159. The molecule has 24 heavy (non-hydrogen) atoms. The van der Waals surface area contributed by atoms with Crippen LogP contribution in [0.3, 0.4) is 0 Å². The summed E-state index contributed by atoms with van der Waals surface area (Å²) in [7, 11) is 0. The molecule has 1 aliphatic rings. The van der Waals surface area contributed by atoms with Gasteiger partial charge >= 0.3 is 5.97 Å². The number of aliphatic imine (C=N–C) groups is 1. The zero-order valence-electron chi connectivity index (χ0n) is 12.7. The number of thioether (sulfide) groups is 1. The number of amides is 1. The van der Waals surface area contributed by atoms with E-state index in [0.29, 0.717) is 27.3 Å². The van der Waals surface area contributed by atoms with Gasteiger partial charge in [0.25, 0.3) is 5.91 Å². The molecule has 0 bridgehead atoms. The molecule has 0 saturated carbocycles. The lowest BCUT2D eigenvalue weighted by molar-refractivity contribution is -0.122. The van der Waals surface area contributed by atoms with Gasteiger partial charge in [0.05, 0.1) is 10.5 Å². The third-order valence-electron chi connectivity index (χ3n) is 3.29. The Morgan fingerprint density at radius 1 is 1.42 bits per heavy atom. The fourth-order valence-corrected chi connectivity index (χ4v) is 3.78. The number of carbonyl (C=O) groups excluding carboxylic acids is 1. The van der Waals surface area contributed by atoms with Crippen molar-refractivity contribution in [3.8, 4) is 0 Å². The lowest BCUT2D eigenvalue weighted by Crippen LogP contribution is -2.28. The maximum Gasteiger partial charge on any atom is 0.336 e. The molecule has 3 rings (SSSR count). The molecule has 1 fully saturated rings. The fourth-order valence-electron chi connectivity index (χ4n) is 2.18. The Hall–Kier alpha value is -2.45. The molecule has 0 atom stereocenters. The molecule has 122 valence electrons. The largest absolute Gasteiger partial charge is 0.478 e. The van der Waals surface area contributed by atoms with Gasteiger partial charge in [0.2, 0.25) is 5.13 Å². The monoisotopic (exact) mass is 359 g/mol. The van der Waals surface area contributed by atoms with Crippen molar-refractivity contribution < 1.29 is 14.7 Å². The van der Waals surface area contributed by atoms with Crippen LogP contribution in [0.4, 0.5) is 5.13 Å². The standard InChI is InChI=1S/C16H13N3O3S2/c1-2-19-13(20)12(24-16(19)18-15-17-7-8-23-15)9-10-5-3-4-6-11(10)14(21)22/h3-9H,2H2,1H3,(H,21,22)/b12-9+,18-16+. The Balaban J connectivity index is 1.98. The summed E-state index contributed by atoms with van der Waals surface area (Å²) in [5.41, 5.74) is 0.652. The van der Waals surface area contributed by atoms with Crippen LogP contribution in [-0.4, -0.2) is 38.6 Å². The number of carbonyl (C=O) groups is 2. The van der Waals surface area contributed by atoms with Crippen LogP contribution in [0, 0.1) is 0 Å². The third kappa shape index (κ3) is 3.24. The number of benzene rings is 1. The zero-order chi connectivity index (χ0) is 17.1. The first-order chi connectivity index (χ1) is 11.6. The van der Waals surface area contributed by atoms with Crippen molar-refractivity contribution in [2.24, 2.45) is 4.99 Å². The first-order valence-electron chi connectivity index (χ1n) is 7.12. The first-order valence-corrected chi connectivity index (χ1v) is 8.81. The van der Waals surface area contributed by atoms with Gasteiger partial charge in [-0.3, -0.25) is 9.69 Å². The molecule has 1 aromatic heterocycles. The lowest BCUT2D eigenvalue weighted by atomic mass is 10.1. The molecular weight excluding hydrogens is 346 g/mol. The molecule has 0 aliphatic carbocycles. The quantitative estimate of drug-likeness (QED) is 0.845. The Morgan fingerprint density at radius 2 is 2.21 bits per heavy atom. The number of aromatic nitrogens is 1. The molecule has 0 spiro atoms. The molecule has 1 aliphatic heterocycles. The highest BCUT2D eigenvalue weighted by atomic mass is 32.2. The summed E-state index contributed by atoms with van der Waals surface area (Å²) in [4.78, 5) is 34.4. The van der Waals surface area contributed by atoms with Gasteiger partial charge < -0.3 is 5.11 Å². The summed E-state index contributed by atoms with van der Waals surface area (Å²) >= 11 is 2.61. The van der Waals surface area contributed by atoms with Crippen LogP contribution in [0.5, 0.6) is 0 Å². The Bertz CT molecular complexity index is 844. The number of aromatic carboxylic acids is 1. The van der Waals surface area contributed by atoms with E-state index in [1.807, 2.05) is 12.3 Å². The molecule has 1 aromatic carbocycles. The average molecular weight is 359 g/mol. The molecule has 2 aromatic rings. The molecular formula is C16H13N3O3S2. The van der Waals surface area contributed by atoms with Crippen molar-refractivity contribution in [1.82, 2.24) is 9.88 Å². The SMILES string of the molecule is CCN1C(=O)/C(=C\c2ccccc2C(=O)O)S/C1=N/c1nccs1. The molecule has 2 heterocycles. The van der Waals surface area contributed by atoms with Gasteiger partial charge in [-0.05, 0) is 36.4 Å². The lowest BCUT2D eigenvalue weighted by Gasteiger charge is -2.11. The number of amidine groups is 1. The Kier molecular flexibility index (Phi) is 4.77. The zero-order valence-corrected chi connectivity index (χ0v) is 14.3. The van der Waals surface area contributed by atoms with Crippen LogP contribution in [0.1, 0.15) is 22.8 Å². The highest BCUT2D eigenvalue weighted by Gasteiger charge is 2.32. The molecule has 1 N–H and O–H groups in total. The van der Waals surface area contributed by atoms with E-state index >= 15 is 0 Å². The van der Waals surface area contributed by atoms with E-state index in [2.05, 4.69) is 9.98 Å². The highest BCUT2D eigenvalue weighted by Crippen LogP contribution is 2.34. The van der Waals surface area contributed by atoms with Gasteiger partial charge in [-0.15, -0.1) is 11.3 Å². The van der Waals surface area contributed by atoms with Gasteiger partial charge in [-0.1, -0.05) is 18.2 Å². The number of hydrogen-bond donors (Lipinski definition) is 1. The molecule has 1 amide bonds. The Labute approximate surface area is 146 Å². The van der Waals surface area contributed by atoms with Gasteiger partial charge in [0.1, 0.15) is 0 Å². The summed E-state index contributed by atoms with van der Waals surface area (Å²) in [6.07, 6.45) is 3.26. The number of rotatable bonds is 4. The van der Waals surface area contributed by atoms with Crippen molar-refractivity contribution in [2.75, 3.05) is 6.54 Å². The fraction of sp³-hybridized carbons (Fsp3) is 0.125. The van der Waals surface area contributed by atoms with Crippen molar-refractivity contribution in [3.05, 3.63) is 51.9 Å². The average Bonchev–Trinajstić information content (AvgIpc) is 3.17. The van der Waals surface area contributed by atoms with Gasteiger partial charge in [-0.25, -0.2) is 9.78 Å². The van der Waals surface area contributed by atoms with E-state index in [1.54, 1.807) is 35.4 Å². The number of nitrogens with zero attached hydrogens (tertiary/aromatic N) is 3. The van der Waals surface area contributed by atoms with E-state index in [4.69, 9.17) is 0 Å². The van der Waals surface area contributed by atoms with E-state index < -0.39 is 5.97 Å². The highest BCUT2D eigenvalue weighted by molar-refractivity contribution is 8.18. The van der Waals surface area contributed by atoms with Gasteiger partial charge in [0, 0.05) is 18.1 Å². The van der Waals surface area contributed by atoms with Crippen molar-refractivity contribution in [2.45, 2.75) is 6.92 Å². The summed E-state index contributed by atoms with van der Waals surface area (Å²) in [6.45, 7) is 2.35. The molecule has 0 radical (unpaired) electrons. The van der Waals surface area contributed by atoms with Crippen LogP contribution < -0.4 is 0 Å². The van der Waals surface area contributed by atoms with Crippen molar-refractivity contribution in [3.63, 3.8) is 0 Å². The maximum absolute atomic E-state index is 12.6. The Morgan fingerprint density at radius 3 is 2.88 bits per heavy atom. The van der Waals surface area contributed by atoms with Crippen LogP contribution in [0.25, 0.3) is 6.08 Å². The summed E-state index contributed by atoms with van der Waals surface area (Å²) < 4.78 is 0. The predicted octanol–water partition coefficient (Wildman–Crippen LogP) is 3.47. The van der Waals surface area contributed by atoms with Crippen molar-refractivity contribution >= 4 is 51.4 Å². The predicted molar refractivity (Wildman–Crippen MR) is 95.6 cm³/mol. The molecule has 1 saturated heterocycles. The summed E-state index contributed by atoms with van der Waals surface area (Å²) in [5, 5.41) is 12.2. The number of carboxylic acids is 1. The van der Waals surface area contributed by atoms with E-state index in [0.717, 1.165) is 0 Å². The van der Waals surface area contributed by atoms with E-state index in [9.17, 15) is 14.7 Å². The second kappa shape index (κ2) is 6.98. The number of carboxylic acid groups (broad SMARTS) is 1.